The third kappa shape index (κ3) is 1.28. The Morgan fingerprint density at radius 3 is 2.44 bits per heavy atom. The number of nitrogens with one attached hydrogen (secondary N) is 1. The molecular weight excluding hydrogens is 198 g/mol. The first kappa shape index (κ1) is 11.7. The molecule has 0 aliphatic heterocycles. The van der Waals surface area contributed by atoms with Crippen LogP contribution in [-0.2, 0) is 4.79 Å². The second-order valence-corrected chi connectivity index (χ2v) is 6.40. The molecule has 2 rings (SSSR count). The van der Waals surface area contributed by atoms with Crippen molar-refractivity contribution in [2.24, 2.45) is 16.7 Å². The van der Waals surface area contributed by atoms with Crippen LogP contribution in [0.15, 0.2) is 11.8 Å². The summed E-state index contributed by atoms with van der Waals surface area (Å²) in [5, 5.41) is 3.27. The van der Waals surface area contributed by atoms with Gasteiger partial charge in [-0.25, -0.2) is 0 Å². The van der Waals surface area contributed by atoms with Gasteiger partial charge in [-0.1, -0.05) is 20.8 Å². The standard InChI is InChI=1S/C14H23NO/c1-9(2)15-8-10-11-6-7-14(5,12(10)16)13(11,3)4/h8-9,11,15H,6-7H2,1-5H3. The van der Waals surface area contributed by atoms with Crippen LogP contribution in [0.4, 0.5) is 0 Å². The van der Waals surface area contributed by atoms with E-state index >= 15 is 0 Å². The van der Waals surface area contributed by atoms with Crippen molar-refractivity contribution in [2.75, 3.05) is 0 Å². The van der Waals surface area contributed by atoms with Gasteiger partial charge < -0.3 is 5.32 Å². The topological polar surface area (TPSA) is 29.1 Å². The summed E-state index contributed by atoms with van der Waals surface area (Å²) in [5.41, 5.74) is 1.05. The normalized spacial score (nSPS) is 38.8. The van der Waals surface area contributed by atoms with E-state index in [4.69, 9.17) is 0 Å². The third-order valence-electron chi connectivity index (χ3n) is 4.94. The summed E-state index contributed by atoms with van der Waals surface area (Å²) in [6.07, 6.45) is 4.20. The predicted octanol–water partition coefficient (Wildman–Crippen LogP) is 2.89. The molecule has 2 aliphatic carbocycles. The third-order valence-corrected chi connectivity index (χ3v) is 4.94. The molecule has 0 aromatic rings. The molecule has 0 radical (unpaired) electrons. The largest absolute Gasteiger partial charge is 0.388 e. The Balaban J connectivity index is 2.33. The molecule has 2 unspecified atom stereocenters. The number of allylic oxidation sites excluding steroid dienone is 1. The van der Waals surface area contributed by atoms with Gasteiger partial charge in [-0.05, 0) is 38.0 Å². The van der Waals surface area contributed by atoms with Crippen LogP contribution in [0.2, 0.25) is 0 Å². The minimum atomic E-state index is -0.123. The molecule has 0 heterocycles. The lowest BCUT2D eigenvalue weighted by Crippen LogP contribution is -2.32. The van der Waals surface area contributed by atoms with Gasteiger partial charge in [0.05, 0.1) is 0 Å². The highest BCUT2D eigenvalue weighted by atomic mass is 16.1. The van der Waals surface area contributed by atoms with Crippen molar-refractivity contribution < 1.29 is 4.79 Å². The van der Waals surface area contributed by atoms with E-state index in [1.807, 2.05) is 6.20 Å². The van der Waals surface area contributed by atoms with Crippen molar-refractivity contribution in [3.63, 3.8) is 0 Å². The zero-order chi connectivity index (χ0) is 12.1. The van der Waals surface area contributed by atoms with E-state index in [0.29, 0.717) is 17.7 Å². The van der Waals surface area contributed by atoms with Crippen LogP contribution >= 0.6 is 0 Å². The van der Waals surface area contributed by atoms with Crippen LogP contribution in [0.25, 0.3) is 0 Å². The Morgan fingerprint density at radius 2 is 2.00 bits per heavy atom. The summed E-state index contributed by atoms with van der Waals surface area (Å²) in [6, 6.07) is 0.398. The summed E-state index contributed by atoms with van der Waals surface area (Å²) in [7, 11) is 0. The van der Waals surface area contributed by atoms with Gasteiger partial charge in [0.2, 0.25) is 0 Å². The van der Waals surface area contributed by atoms with Crippen molar-refractivity contribution in [1.29, 1.82) is 0 Å². The van der Waals surface area contributed by atoms with E-state index in [1.165, 1.54) is 6.42 Å². The number of hydrogen-bond acceptors (Lipinski definition) is 2. The van der Waals surface area contributed by atoms with Gasteiger partial charge in [0.15, 0.2) is 5.78 Å². The molecule has 2 saturated carbocycles. The quantitative estimate of drug-likeness (QED) is 0.726. The molecule has 16 heavy (non-hydrogen) atoms. The monoisotopic (exact) mass is 221 g/mol. The average molecular weight is 221 g/mol. The van der Waals surface area contributed by atoms with Gasteiger partial charge in [0, 0.05) is 23.2 Å². The second-order valence-electron chi connectivity index (χ2n) is 6.40. The highest BCUT2D eigenvalue weighted by Gasteiger charge is 2.63. The Hall–Kier alpha value is -0.790. The lowest BCUT2D eigenvalue weighted by Gasteiger charge is -2.31. The maximum atomic E-state index is 12.4. The van der Waals surface area contributed by atoms with E-state index in [1.54, 1.807) is 0 Å². The first-order chi connectivity index (χ1) is 7.30. The zero-order valence-electron chi connectivity index (χ0n) is 11.1. The Bertz CT molecular complexity index is 354. The van der Waals surface area contributed by atoms with Gasteiger partial charge in [0.1, 0.15) is 0 Å². The van der Waals surface area contributed by atoms with Crippen LogP contribution < -0.4 is 5.32 Å². The van der Waals surface area contributed by atoms with E-state index in [9.17, 15) is 4.79 Å². The molecule has 2 nitrogen and oxygen atoms in total. The molecule has 2 fully saturated rings. The molecule has 0 aromatic heterocycles. The molecule has 2 bridgehead atoms. The van der Waals surface area contributed by atoms with Crippen molar-refractivity contribution in [2.45, 2.75) is 53.5 Å². The molecule has 0 aromatic carbocycles. The number of fused-ring (bicyclic) bond motifs is 2. The number of carbonyl (C=O) groups is 1. The van der Waals surface area contributed by atoms with Crippen LogP contribution in [-0.4, -0.2) is 11.8 Å². The molecule has 0 spiro atoms. The molecule has 0 amide bonds. The lowest BCUT2D eigenvalue weighted by atomic mass is 9.70. The smallest absolute Gasteiger partial charge is 0.167 e. The van der Waals surface area contributed by atoms with Gasteiger partial charge in [-0.3, -0.25) is 4.79 Å². The number of carbonyl (C=O) groups excluding carboxylic acids is 1. The Morgan fingerprint density at radius 1 is 1.38 bits per heavy atom. The van der Waals surface area contributed by atoms with Gasteiger partial charge in [0.25, 0.3) is 0 Å². The summed E-state index contributed by atoms with van der Waals surface area (Å²) >= 11 is 0. The summed E-state index contributed by atoms with van der Waals surface area (Å²) in [4.78, 5) is 12.4. The summed E-state index contributed by atoms with van der Waals surface area (Å²) in [6.45, 7) is 10.8. The lowest BCUT2D eigenvalue weighted by molar-refractivity contribution is -0.125. The molecular formula is C14H23NO. The van der Waals surface area contributed by atoms with Gasteiger partial charge >= 0.3 is 0 Å². The van der Waals surface area contributed by atoms with Gasteiger partial charge in [-0.15, -0.1) is 0 Å². The van der Waals surface area contributed by atoms with Crippen molar-refractivity contribution in [1.82, 2.24) is 5.32 Å². The first-order valence-electron chi connectivity index (χ1n) is 6.31. The molecule has 2 heteroatoms. The molecule has 2 atom stereocenters. The second kappa shape index (κ2) is 3.35. The highest BCUT2D eigenvalue weighted by Crippen LogP contribution is 2.65. The Kier molecular flexibility index (Phi) is 2.45. The minimum absolute atomic E-state index is 0.123. The highest BCUT2D eigenvalue weighted by molar-refractivity contribution is 6.04. The van der Waals surface area contributed by atoms with Crippen molar-refractivity contribution in [3.8, 4) is 0 Å². The fraction of sp³-hybridized carbons (Fsp3) is 0.786. The van der Waals surface area contributed by atoms with E-state index in [0.717, 1.165) is 12.0 Å². The number of rotatable bonds is 2. The SMILES string of the molecule is CC(C)NC=C1C(=O)C2(C)CCC1C2(C)C. The first-order valence-corrected chi connectivity index (χ1v) is 6.31. The number of hydrogen-bond donors (Lipinski definition) is 1. The Labute approximate surface area is 98.5 Å². The summed E-state index contributed by atoms with van der Waals surface area (Å²) < 4.78 is 0. The maximum Gasteiger partial charge on any atom is 0.167 e. The van der Waals surface area contributed by atoms with Gasteiger partial charge in [-0.2, -0.15) is 0 Å². The fourth-order valence-corrected chi connectivity index (χ4v) is 3.35. The van der Waals surface area contributed by atoms with Crippen molar-refractivity contribution >= 4 is 5.78 Å². The summed E-state index contributed by atoms with van der Waals surface area (Å²) in [5.74, 6) is 0.832. The van der Waals surface area contributed by atoms with Crippen LogP contribution in [0.1, 0.15) is 47.5 Å². The number of Topliss-reactive ketones (excluding diaryl/α,β-unsaturated/α-hetero) is 1. The van der Waals surface area contributed by atoms with E-state index < -0.39 is 0 Å². The zero-order valence-corrected chi connectivity index (χ0v) is 11.1. The van der Waals surface area contributed by atoms with E-state index in [2.05, 4.69) is 39.9 Å². The minimum Gasteiger partial charge on any atom is -0.388 e. The average Bonchev–Trinajstić information content (AvgIpc) is 2.47. The maximum absolute atomic E-state index is 12.4. The molecule has 2 aliphatic rings. The molecule has 0 saturated heterocycles. The van der Waals surface area contributed by atoms with Crippen LogP contribution in [0.3, 0.4) is 0 Å². The van der Waals surface area contributed by atoms with Crippen molar-refractivity contribution in [3.05, 3.63) is 11.8 Å². The number of ketones is 1. The molecule has 90 valence electrons. The van der Waals surface area contributed by atoms with Crippen LogP contribution in [0, 0.1) is 16.7 Å². The van der Waals surface area contributed by atoms with E-state index in [-0.39, 0.29) is 10.8 Å². The van der Waals surface area contributed by atoms with Crippen LogP contribution in [0.5, 0.6) is 0 Å². The fourth-order valence-electron chi connectivity index (χ4n) is 3.35. The molecule has 1 N–H and O–H groups in total. The predicted molar refractivity (Wildman–Crippen MR) is 66.0 cm³/mol.